The first kappa shape index (κ1) is 13.6. The molecule has 0 bridgehead atoms. The van der Waals surface area contributed by atoms with Crippen molar-refractivity contribution in [3.8, 4) is 6.19 Å². The van der Waals surface area contributed by atoms with Crippen LogP contribution in [0.2, 0.25) is 0 Å². The number of H-pyrrole nitrogens is 1. The highest BCUT2D eigenvalue weighted by molar-refractivity contribution is 5.86. The van der Waals surface area contributed by atoms with Gasteiger partial charge in [0.05, 0.1) is 0 Å². The molecule has 2 aromatic rings. The monoisotopic (exact) mass is 270 g/mol. The number of hydrogen-bond acceptors (Lipinski definition) is 3. The predicted octanol–water partition coefficient (Wildman–Crippen LogP) is 0.895. The average Bonchev–Trinajstić information content (AvgIpc) is 2.85. The first-order valence-corrected chi connectivity index (χ1v) is 6.15. The minimum Gasteiger partial charge on any atom is -0.368 e. The van der Waals surface area contributed by atoms with Gasteiger partial charge in [0.1, 0.15) is 6.54 Å². The van der Waals surface area contributed by atoms with Crippen molar-refractivity contribution in [2.24, 2.45) is 5.73 Å². The number of carbonyl (C=O) groups is 2. The molecular formula is C14H14N4O2. The lowest BCUT2D eigenvalue weighted by molar-refractivity contribution is -0.132. The molecule has 3 N–H and O–H groups in total. The van der Waals surface area contributed by atoms with Gasteiger partial charge in [0, 0.05) is 23.5 Å². The van der Waals surface area contributed by atoms with Gasteiger partial charge in [-0.25, -0.2) is 4.90 Å². The lowest BCUT2D eigenvalue weighted by atomic mass is 10.1. The minimum absolute atomic E-state index is 0.155. The number of aromatic amines is 1. The van der Waals surface area contributed by atoms with Crippen LogP contribution in [0.25, 0.3) is 10.9 Å². The normalized spacial score (nSPS) is 10.2. The molecular weight excluding hydrogens is 256 g/mol. The summed E-state index contributed by atoms with van der Waals surface area (Å²) in [5, 5.41) is 9.87. The number of carbonyl (C=O) groups excluding carboxylic acids is 2. The Kier molecular flexibility index (Phi) is 4.01. The van der Waals surface area contributed by atoms with E-state index in [1.807, 2.05) is 30.5 Å². The molecule has 102 valence electrons. The van der Waals surface area contributed by atoms with Crippen LogP contribution in [0.1, 0.15) is 12.0 Å². The van der Waals surface area contributed by atoms with Crippen LogP contribution in [0.3, 0.4) is 0 Å². The summed E-state index contributed by atoms with van der Waals surface area (Å²) in [6.45, 7) is -0.372. The van der Waals surface area contributed by atoms with E-state index in [2.05, 4.69) is 4.98 Å². The Morgan fingerprint density at radius 3 is 2.80 bits per heavy atom. The highest BCUT2D eigenvalue weighted by Crippen LogP contribution is 2.19. The smallest absolute Gasteiger partial charge is 0.238 e. The van der Waals surface area contributed by atoms with Gasteiger partial charge in [-0.05, 0) is 18.1 Å². The van der Waals surface area contributed by atoms with Gasteiger partial charge >= 0.3 is 0 Å². The number of nitriles is 1. The number of nitrogens with zero attached hydrogens (tertiary/aromatic N) is 2. The van der Waals surface area contributed by atoms with Crippen LogP contribution in [0.4, 0.5) is 0 Å². The van der Waals surface area contributed by atoms with Gasteiger partial charge in [-0.15, -0.1) is 0 Å². The van der Waals surface area contributed by atoms with Gasteiger partial charge in [-0.2, -0.15) is 5.26 Å². The molecule has 6 nitrogen and oxygen atoms in total. The Labute approximate surface area is 115 Å². The molecule has 0 saturated carbocycles. The molecule has 1 heterocycles. The third-order valence-electron chi connectivity index (χ3n) is 3.02. The number of para-hydroxylation sites is 1. The molecule has 1 aromatic carbocycles. The molecule has 2 rings (SSSR count). The zero-order valence-electron chi connectivity index (χ0n) is 10.8. The number of hydrogen-bond donors (Lipinski definition) is 2. The third kappa shape index (κ3) is 2.95. The summed E-state index contributed by atoms with van der Waals surface area (Å²) in [6.07, 6.45) is 4.18. The number of nitrogens with two attached hydrogens (primary N) is 1. The number of nitrogens with one attached hydrogen (secondary N) is 1. The van der Waals surface area contributed by atoms with Gasteiger partial charge in [0.25, 0.3) is 0 Å². The van der Waals surface area contributed by atoms with Crippen LogP contribution >= 0.6 is 0 Å². The lowest BCUT2D eigenvalue weighted by Gasteiger charge is -2.10. The van der Waals surface area contributed by atoms with E-state index in [1.54, 1.807) is 6.19 Å². The molecule has 0 saturated heterocycles. The van der Waals surface area contributed by atoms with Gasteiger partial charge in [-0.3, -0.25) is 9.59 Å². The van der Waals surface area contributed by atoms with Crippen molar-refractivity contribution in [2.75, 3.05) is 6.54 Å². The van der Waals surface area contributed by atoms with Crippen molar-refractivity contribution in [1.29, 1.82) is 5.26 Å². The Bertz CT molecular complexity index is 684. The second-order valence-corrected chi connectivity index (χ2v) is 4.41. The van der Waals surface area contributed by atoms with Crippen molar-refractivity contribution in [3.63, 3.8) is 0 Å². The number of fused-ring (bicyclic) bond motifs is 1. The Hall–Kier alpha value is -2.81. The van der Waals surface area contributed by atoms with Gasteiger partial charge in [0.2, 0.25) is 11.8 Å². The standard InChI is InChI=1S/C14H14N4O2/c15-9-18(8-13(16)19)14(20)6-5-10-7-17-12-4-2-1-3-11(10)12/h1-4,7,17H,5-6,8H2,(H2,16,19). The second-order valence-electron chi connectivity index (χ2n) is 4.41. The van der Waals surface area contributed by atoms with E-state index in [0.29, 0.717) is 6.42 Å². The summed E-state index contributed by atoms with van der Waals surface area (Å²) in [5.41, 5.74) is 6.99. The van der Waals surface area contributed by atoms with E-state index in [4.69, 9.17) is 11.0 Å². The number of aryl methyl sites for hydroxylation is 1. The fourth-order valence-corrected chi connectivity index (χ4v) is 2.05. The molecule has 20 heavy (non-hydrogen) atoms. The van der Waals surface area contributed by atoms with Crippen LogP contribution in [-0.4, -0.2) is 28.2 Å². The highest BCUT2D eigenvalue weighted by atomic mass is 16.2. The Balaban J connectivity index is 2.03. The summed E-state index contributed by atoms with van der Waals surface area (Å²) in [7, 11) is 0. The van der Waals surface area contributed by atoms with Crippen molar-refractivity contribution >= 4 is 22.7 Å². The molecule has 0 unspecified atom stereocenters. The third-order valence-corrected chi connectivity index (χ3v) is 3.02. The van der Waals surface area contributed by atoms with Crippen molar-refractivity contribution in [1.82, 2.24) is 9.88 Å². The Morgan fingerprint density at radius 2 is 2.10 bits per heavy atom. The SMILES string of the molecule is N#CN(CC(N)=O)C(=O)CCc1c[nH]c2ccccc12. The maximum Gasteiger partial charge on any atom is 0.238 e. The quantitative estimate of drug-likeness (QED) is 0.623. The molecule has 2 amide bonds. The van der Waals surface area contributed by atoms with E-state index in [1.165, 1.54) is 0 Å². The lowest BCUT2D eigenvalue weighted by Crippen LogP contribution is -2.35. The first-order valence-electron chi connectivity index (χ1n) is 6.15. The van der Waals surface area contributed by atoms with Crippen molar-refractivity contribution in [2.45, 2.75) is 12.8 Å². The number of rotatable bonds is 5. The van der Waals surface area contributed by atoms with Crippen LogP contribution < -0.4 is 5.73 Å². The number of benzene rings is 1. The van der Waals surface area contributed by atoms with Crippen LogP contribution in [-0.2, 0) is 16.0 Å². The Morgan fingerprint density at radius 1 is 1.35 bits per heavy atom. The number of amides is 2. The first-order chi connectivity index (χ1) is 9.61. The maximum absolute atomic E-state index is 11.8. The van der Waals surface area contributed by atoms with Crippen molar-refractivity contribution in [3.05, 3.63) is 36.0 Å². The second kappa shape index (κ2) is 5.89. The zero-order chi connectivity index (χ0) is 14.5. The summed E-state index contributed by atoms with van der Waals surface area (Å²) >= 11 is 0. The van der Waals surface area contributed by atoms with E-state index in [-0.39, 0.29) is 13.0 Å². The molecule has 0 spiro atoms. The minimum atomic E-state index is -0.702. The maximum atomic E-state index is 11.8. The molecule has 0 aliphatic rings. The molecule has 0 aliphatic carbocycles. The summed E-state index contributed by atoms with van der Waals surface area (Å²) < 4.78 is 0. The molecule has 6 heteroatoms. The van der Waals surface area contributed by atoms with E-state index >= 15 is 0 Å². The largest absolute Gasteiger partial charge is 0.368 e. The fourth-order valence-electron chi connectivity index (χ4n) is 2.05. The van der Waals surface area contributed by atoms with E-state index in [0.717, 1.165) is 21.4 Å². The van der Waals surface area contributed by atoms with Gasteiger partial charge < -0.3 is 10.7 Å². The number of primary amides is 1. The molecule has 1 aromatic heterocycles. The fraction of sp³-hybridized carbons (Fsp3) is 0.214. The zero-order valence-corrected chi connectivity index (χ0v) is 10.8. The molecule has 0 radical (unpaired) electrons. The van der Waals surface area contributed by atoms with Crippen LogP contribution in [0.5, 0.6) is 0 Å². The van der Waals surface area contributed by atoms with E-state index in [9.17, 15) is 9.59 Å². The van der Waals surface area contributed by atoms with Gasteiger partial charge in [-0.1, -0.05) is 18.2 Å². The van der Waals surface area contributed by atoms with Crippen LogP contribution in [0.15, 0.2) is 30.5 Å². The molecule has 0 atom stereocenters. The van der Waals surface area contributed by atoms with Gasteiger partial charge in [0.15, 0.2) is 6.19 Å². The average molecular weight is 270 g/mol. The topological polar surface area (TPSA) is 103 Å². The summed E-state index contributed by atoms with van der Waals surface area (Å²) in [4.78, 5) is 26.5. The highest BCUT2D eigenvalue weighted by Gasteiger charge is 2.15. The number of aromatic nitrogens is 1. The van der Waals surface area contributed by atoms with E-state index < -0.39 is 11.8 Å². The predicted molar refractivity (Wildman–Crippen MR) is 73.1 cm³/mol. The molecule has 0 aliphatic heterocycles. The molecule has 0 fully saturated rings. The van der Waals surface area contributed by atoms with Crippen LogP contribution in [0, 0.1) is 11.5 Å². The van der Waals surface area contributed by atoms with Crippen molar-refractivity contribution < 1.29 is 9.59 Å². The summed E-state index contributed by atoms with van der Waals surface area (Å²) in [6, 6.07) is 7.78. The summed E-state index contributed by atoms with van der Waals surface area (Å²) in [5.74, 6) is -1.11.